The SMILES string of the molecule is CCn1nc(C)cc1CC(=O)c1cc(Br)ccc1Cl. The third-order valence-corrected chi connectivity index (χ3v) is 3.68. The molecule has 0 bridgehead atoms. The highest BCUT2D eigenvalue weighted by molar-refractivity contribution is 9.10. The number of halogens is 2. The van der Waals surface area contributed by atoms with E-state index in [1.807, 2.05) is 30.7 Å². The molecule has 0 unspecified atom stereocenters. The molecule has 0 atom stereocenters. The Morgan fingerprint density at radius 2 is 2.16 bits per heavy atom. The zero-order chi connectivity index (χ0) is 14.0. The van der Waals surface area contributed by atoms with Crippen LogP contribution in [0.2, 0.25) is 5.02 Å². The minimum Gasteiger partial charge on any atom is -0.294 e. The van der Waals surface area contributed by atoms with Crippen molar-refractivity contribution in [1.82, 2.24) is 9.78 Å². The number of aromatic nitrogens is 2. The van der Waals surface area contributed by atoms with Gasteiger partial charge in [0.25, 0.3) is 0 Å². The van der Waals surface area contributed by atoms with Crippen LogP contribution < -0.4 is 0 Å². The number of carbonyl (C=O) groups is 1. The first-order valence-electron chi connectivity index (χ1n) is 6.03. The fraction of sp³-hybridized carbons (Fsp3) is 0.286. The van der Waals surface area contributed by atoms with Gasteiger partial charge in [0.2, 0.25) is 0 Å². The first-order valence-corrected chi connectivity index (χ1v) is 7.20. The largest absolute Gasteiger partial charge is 0.294 e. The lowest BCUT2D eigenvalue weighted by Crippen LogP contribution is -2.10. The molecule has 0 aliphatic carbocycles. The summed E-state index contributed by atoms with van der Waals surface area (Å²) in [5, 5.41) is 4.82. The highest BCUT2D eigenvalue weighted by Gasteiger charge is 2.14. The van der Waals surface area contributed by atoms with E-state index in [1.54, 1.807) is 12.1 Å². The minimum absolute atomic E-state index is 0.000833. The number of nitrogens with zero attached hydrogens (tertiary/aromatic N) is 2. The Morgan fingerprint density at radius 3 is 2.84 bits per heavy atom. The number of rotatable bonds is 4. The van der Waals surface area contributed by atoms with Crippen LogP contribution in [0.4, 0.5) is 0 Å². The first-order chi connectivity index (χ1) is 9.01. The summed E-state index contributed by atoms with van der Waals surface area (Å²) < 4.78 is 2.69. The van der Waals surface area contributed by atoms with Crippen LogP contribution in [0, 0.1) is 6.92 Å². The van der Waals surface area contributed by atoms with Gasteiger partial charge in [-0.25, -0.2) is 0 Å². The molecule has 5 heteroatoms. The Morgan fingerprint density at radius 1 is 1.42 bits per heavy atom. The van der Waals surface area contributed by atoms with Crippen molar-refractivity contribution in [3.8, 4) is 0 Å². The van der Waals surface area contributed by atoms with Crippen molar-refractivity contribution in [2.24, 2.45) is 0 Å². The average molecular weight is 342 g/mol. The highest BCUT2D eigenvalue weighted by atomic mass is 79.9. The molecule has 0 fully saturated rings. The maximum Gasteiger partial charge on any atom is 0.170 e. The predicted molar refractivity (Wildman–Crippen MR) is 79.8 cm³/mol. The minimum atomic E-state index is 0.000833. The summed E-state index contributed by atoms with van der Waals surface area (Å²) in [7, 11) is 0. The quantitative estimate of drug-likeness (QED) is 0.786. The summed E-state index contributed by atoms with van der Waals surface area (Å²) in [4.78, 5) is 12.3. The Labute approximate surface area is 125 Å². The molecule has 0 saturated carbocycles. The smallest absolute Gasteiger partial charge is 0.170 e. The summed E-state index contributed by atoms with van der Waals surface area (Å²) >= 11 is 9.43. The Bertz CT molecular complexity index is 622. The second kappa shape index (κ2) is 5.88. The van der Waals surface area contributed by atoms with Gasteiger partial charge in [0, 0.05) is 22.3 Å². The van der Waals surface area contributed by atoms with Gasteiger partial charge < -0.3 is 0 Å². The van der Waals surface area contributed by atoms with Gasteiger partial charge in [0.15, 0.2) is 5.78 Å². The molecule has 0 amide bonds. The summed E-state index contributed by atoms with van der Waals surface area (Å²) in [6.45, 7) is 4.68. The second-order valence-corrected chi connectivity index (χ2v) is 5.64. The van der Waals surface area contributed by atoms with Gasteiger partial charge in [0.1, 0.15) is 0 Å². The van der Waals surface area contributed by atoms with Gasteiger partial charge in [-0.05, 0) is 38.1 Å². The molecule has 2 aromatic rings. The van der Waals surface area contributed by atoms with Crippen LogP contribution in [-0.2, 0) is 13.0 Å². The lowest BCUT2D eigenvalue weighted by molar-refractivity contribution is 0.0990. The van der Waals surface area contributed by atoms with Crippen LogP contribution in [0.3, 0.4) is 0 Å². The van der Waals surface area contributed by atoms with Crippen LogP contribution in [0.15, 0.2) is 28.7 Å². The molecule has 0 radical (unpaired) electrons. The normalized spacial score (nSPS) is 10.7. The molecule has 1 aromatic heterocycles. The third kappa shape index (κ3) is 3.25. The zero-order valence-electron chi connectivity index (χ0n) is 10.8. The lowest BCUT2D eigenvalue weighted by atomic mass is 10.1. The molecule has 19 heavy (non-hydrogen) atoms. The van der Waals surface area contributed by atoms with Crippen molar-refractivity contribution < 1.29 is 4.79 Å². The molecule has 2 rings (SSSR count). The number of carbonyl (C=O) groups excluding carboxylic acids is 1. The molecule has 0 aliphatic rings. The Hall–Kier alpha value is -1.13. The zero-order valence-corrected chi connectivity index (χ0v) is 13.1. The molecule has 0 aliphatic heterocycles. The highest BCUT2D eigenvalue weighted by Crippen LogP contribution is 2.22. The van der Waals surface area contributed by atoms with Crippen LogP contribution in [0.25, 0.3) is 0 Å². The van der Waals surface area contributed by atoms with E-state index in [-0.39, 0.29) is 5.78 Å². The summed E-state index contributed by atoms with van der Waals surface area (Å²) in [6.07, 6.45) is 0.310. The Balaban J connectivity index is 2.27. The summed E-state index contributed by atoms with van der Waals surface area (Å²) in [5.74, 6) is 0.000833. The van der Waals surface area contributed by atoms with Gasteiger partial charge >= 0.3 is 0 Å². The van der Waals surface area contributed by atoms with E-state index in [1.165, 1.54) is 0 Å². The first kappa shape index (κ1) is 14.3. The van der Waals surface area contributed by atoms with Crippen molar-refractivity contribution in [2.45, 2.75) is 26.8 Å². The van der Waals surface area contributed by atoms with Crippen LogP contribution in [0.5, 0.6) is 0 Å². The van der Waals surface area contributed by atoms with E-state index >= 15 is 0 Å². The fourth-order valence-corrected chi connectivity index (χ4v) is 2.57. The van der Waals surface area contributed by atoms with Gasteiger partial charge in [-0.15, -0.1) is 0 Å². The number of benzene rings is 1. The molecule has 3 nitrogen and oxygen atoms in total. The molecule has 0 spiro atoms. The topological polar surface area (TPSA) is 34.9 Å². The van der Waals surface area contributed by atoms with Crippen molar-refractivity contribution >= 4 is 33.3 Å². The molecule has 100 valence electrons. The third-order valence-electron chi connectivity index (χ3n) is 2.86. The molecule has 0 N–H and O–H groups in total. The summed E-state index contributed by atoms with van der Waals surface area (Å²) in [5.41, 5.74) is 2.38. The number of hydrogen-bond donors (Lipinski definition) is 0. The van der Waals surface area contributed by atoms with Crippen LogP contribution in [0.1, 0.15) is 28.7 Å². The number of aryl methyl sites for hydroxylation is 2. The second-order valence-electron chi connectivity index (χ2n) is 4.32. The van der Waals surface area contributed by atoms with Crippen LogP contribution in [-0.4, -0.2) is 15.6 Å². The fourth-order valence-electron chi connectivity index (χ4n) is 1.99. The molecule has 1 aromatic carbocycles. The molecular formula is C14H14BrClN2O. The summed E-state index contributed by atoms with van der Waals surface area (Å²) in [6, 6.07) is 7.23. The van der Waals surface area contributed by atoms with Gasteiger partial charge in [0.05, 0.1) is 17.1 Å². The van der Waals surface area contributed by atoms with E-state index in [0.717, 1.165) is 22.4 Å². The number of hydrogen-bond acceptors (Lipinski definition) is 2. The van der Waals surface area contributed by atoms with Crippen molar-refractivity contribution in [3.63, 3.8) is 0 Å². The molecule has 1 heterocycles. The Kier molecular flexibility index (Phi) is 4.42. The molecular weight excluding hydrogens is 328 g/mol. The number of Topliss-reactive ketones (excluding diaryl/α,β-unsaturated/α-hetero) is 1. The van der Waals surface area contributed by atoms with Gasteiger partial charge in [-0.2, -0.15) is 5.10 Å². The average Bonchev–Trinajstić information content (AvgIpc) is 2.72. The molecule has 0 saturated heterocycles. The van der Waals surface area contributed by atoms with Crippen molar-refractivity contribution in [2.75, 3.05) is 0 Å². The predicted octanol–water partition coefficient (Wildman–Crippen LogP) is 4.05. The van der Waals surface area contributed by atoms with E-state index in [9.17, 15) is 4.79 Å². The maximum absolute atomic E-state index is 12.3. The number of ketones is 1. The van der Waals surface area contributed by atoms with E-state index < -0.39 is 0 Å². The van der Waals surface area contributed by atoms with Crippen LogP contribution >= 0.6 is 27.5 Å². The van der Waals surface area contributed by atoms with Crippen molar-refractivity contribution in [3.05, 3.63) is 50.7 Å². The standard InChI is InChI=1S/C14H14BrClN2O/c1-3-18-11(6-9(2)17-18)8-14(19)12-7-10(15)4-5-13(12)16/h4-7H,3,8H2,1-2H3. The lowest BCUT2D eigenvalue weighted by Gasteiger charge is -2.06. The van der Waals surface area contributed by atoms with E-state index in [2.05, 4.69) is 21.0 Å². The maximum atomic E-state index is 12.3. The van der Waals surface area contributed by atoms with Gasteiger partial charge in [-0.3, -0.25) is 9.48 Å². The van der Waals surface area contributed by atoms with Gasteiger partial charge in [-0.1, -0.05) is 27.5 Å². The van der Waals surface area contributed by atoms with Crippen molar-refractivity contribution in [1.29, 1.82) is 0 Å². The monoisotopic (exact) mass is 340 g/mol. The van der Waals surface area contributed by atoms with E-state index in [4.69, 9.17) is 11.6 Å². The van der Waals surface area contributed by atoms with E-state index in [0.29, 0.717) is 17.0 Å².